The fourth-order valence-electron chi connectivity index (χ4n) is 5.17. The zero-order chi connectivity index (χ0) is 35.0. The number of carbonyl (C=O) groups excluding carboxylic acids is 1. The number of rotatable bonds is 11. The SMILES string of the molecule is C#C[C@@]1(F)[C@H](O)[C@@H](COP(=O)(N[C@H](C)C(=O)OCC(C)(C)C)Oc2cccc3ccccc23)O[C@H]1n1cnc2c(N(C)C)nc(C)nc21. The van der Waals surface area contributed by atoms with E-state index in [-0.39, 0.29) is 23.4 Å². The number of ether oxygens (including phenoxy) is 2. The van der Waals surface area contributed by atoms with Gasteiger partial charge in [-0.3, -0.25) is 13.9 Å². The van der Waals surface area contributed by atoms with Crippen LogP contribution in [0, 0.1) is 24.7 Å². The van der Waals surface area contributed by atoms with E-state index in [1.807, 2.05) is 44.9 Å². The van der Waals surface area contributed by atoms with Crippen molar-refractivity contribution >= 4 is 41.5 Å². The van der Waals surface area contributed by atoms with Crippen molar-refractivity contribution in [2.24, 2.45) is 5.41 Å². The van der Waals surface area contributed by atoms with Crippen molar-refractivity contribution in [3.05, 3.63) is 54.6 Å². The number of aryl methyl sites for hydroxylation is 1. The van der Waals surface area contributed by atoms with Crippen LogP contribution in [0.3, 0.4) is 0 Å². The lowest BCUT2D eigenvalue weighted by Crippen LogP contribution is -2.42. The van der Waals surface area contributed by atoms with Crippen molar-refractivity contribution < 1.29 is 37.4 Å². The van der Waals surface area contributed by atoms with Crippen LogP contribution in [0.15, 0.2) is 48.8 Å². The molecule has 1 aliphatic rings. The zero-order valence-corrected chi connectivity index (χ0v) is 28.8. The van der Waals surface area contributed by atoms with Gasteiger partial charge < -0.3 is 24.0 Å². The van der Waals surface area contributed by atoms with Crippen molar-refractivity contribution in [2.45, 2.75) is 64.8 Å². The van der Waals surface area contributed by atoms with Gasteiger partial charge in [0.05, 0.1) is 19.5 Å². The molecular formula is C33H40FN6O7P. The monoisotopic (exact) mass is 682 g/mol. The number of hydrogen-bond donors (Lipinski definition) is 2. The molecule has 2 N–H and O–H groups in total. The van der Waals surface area contributed by atoms with Gasteiger partial charge in [0.1, 0.15) is 29.8 Å². The molecule has 1 saturated heterocycles. The Morgan fingerprint density at radius 3 is 2.65 bits per heavy atom. The first-order valence-corrected chi connectivity index (χ1v) is 16.8. The summed E-state index contributed by atoms with van der Waals surface area (Å²) >= 11 is 0. The minimum atomic E-state index is -4.45. The number of carbonyl (C=O) groups is 1. The molecule has 15 heteroatoms. The summed E-state index contributed by atoms with van der Waals surface area (Å²) in [6.45, 7) is 8.30. The highest BCUT2D eigenvalue weighted by molar-refractivity contribution is 7.52. The number of halogens is 1. The Kier molecular flexibility index (Phi) is 9.83. The van der Waals surface area contributed by atoms with Gasteiger partial charge in [0.15, 0.2) is 23.2 Å². The first-order chi connectivity index (χ1) is 22.5. The van der Waals surface area contributed by atoms with Crippen molar-refractivity contribution in [3.63, 3.8) is 0 Å². The number of benzene rings is 2. The predicted molar refractivity (Wildman–Crippen MR) is 178 cm³/mol. The second kappa shape index (κ2) is 13.4. The third-order valence-corrected chi connectivity index (χ3v) is 9.22. The maximum Gasteiger partial charge on any atom is 0.459 e. The van der Waals surface area contributed by atoms with Crippen LogP contribution >= 0.6 is 7.75 Å². The first kappa shape index (κ1) is 35.2. The normalized spacial score (nSPS) is 23.0. The average molecular weight is 683 g/mol. The van der Waals surface area contributed by atoms with Crippen LogP contribution in [0.4, 0.5) is 10.2 Å². The number of nitrogens with zero attached hydrogens (tertiary/aromatic N) is 5. The van der Waals surface area contributed by atoms with Gasteiger partial charge in [0.2, 0.25) is 5.67 Å². The number of imidazole rings is 1. The average Bonchev–Trinajstić information content (AvgIpc) is 3.55. The van der Waals surface area contributed by atoms with E-state index in [9.17, 15) is 14.5 Å². The summed E-state index contributed by atoms with van der Waals surface area (Å²) < 4.78 is 55.3. The molecule has 1 fully saturated rings. The van der Waals surface area contributed by atoms with E-state index in [4.69, 9.17) is 24.9 Å². The van der Waals surface area contributed by atoms with Gasteiger partial charge in [0, 0.05) is 19.5 Å². The molecule has 0 bridgehead atoms. The molecule has 0 aliphatic carbocycles. The Balaban J connectivity index is 1.43. The largest absolute Gasteiger partial charge is 0.464 e. The molecule has 1 aliphatic heterocycles. The van der Waals surface area contributed by atoms with Crippen LogP contribution in [0.2, 0.25) is 0 Å². The third-order valence-electron chi connectivity index (χ3n) is 7.59. The van der Waals surface area contributed by atoms with Crippen LogP contribution in [-0.2, 0) is 23.4 Å². The van der Waals surface area contributed by atoms with Crippen LogP contribution in [0.25, 0.3) is 21.9 Å². The number of fused-ring (bicyclic) bond motifs is 2. The molecule has 4 aromatic rings. The summed E-state index contributed by atoms with van der Waals surface area (Å²) in [5.41, 5.74) is -2.48. The number of aromatic nitrogens is 4. The number of aliphatic hydroxyl groups excluding tert-OH is 1. The van der Waals surface area contributed by atoms with Crippen molar-refractivity contribution in [2.75, 3.05) is 32.2 Å². The zero-order valence-electron chi connectivity index (χ0n) is 27.9. The quantitative estimate of drug-likeness (QED) is 0.128. The summed E-state index contributed by atoms with van der Waals surface area (Å²) in [5.74, 6) is 2.42. The molecule has 48 heavy (non-hydrogen) atoms. The van der Waals surface area contributed by atoms with Crippen LogP contribution < -0.4 is 14.5 Å². The molecular weight excluding hydrogens is 642 g/mol. The van der Waals surface area contributed by atoms with Crippen molar-refractivity contribution in [3.8, 4) is 18.1 Å². The molecule has 3 heterocycles. The number of hydrogen-bond acceptors (Lipinski definition) is 11. The number of anilines is 1. The van der Waals surface area contributed by atoms with Crippen molar-refractivity contribution in [1.82, 2.24) is 24.6 Å². The number of terminal acetylenes is 1. The predicted octanol–water partition coefficient (Wildman–Crippen LogP) is 4.72. The van der Waals surface area contributed by atoms with Gasteiger partial charge in [-0.2, -0.15) is 5.09 Å². The van der Waals surface area contributed by atoms with Gasteiger partial charge in [-0.1, -0.05) is 63.1 Å². The van der Waals surface area contributed by atoms with Gasteiger partial charge in [0.25, 0.3) is 0 Å². The molecule has 13 nitrogen and oxygen atoms in total. The van der Waals surface area contributed by atoms with Crippen LogP contribution in [0.5, 0.6) is 5.75 Å². The summed E-state index contributed by atoms with van der Waals surface area (Å²) in [7, 11) is -0.894. The van der Waals surface area contributed by atoms with E-state index in [1.54, 1.807) is 50.2 Å². The maximum absolute atomic E-state index is 16.5. The number of esters is 1. The fourth-order valence-corrected chi connectivity index (χ4v) is 6.69. The van der Waals surface area contributed by atoms with E-state index in [2.05, 4.69) is 20.0 Å². The lowest BCUT2D eigenvalue weighted by atomic mass is 9.97. The van der Waals surface area contributed by atoms with Crippen molar-refractivity contribution in [1.29, 1.82) is 0 Å². The standard InChI is InChI=1S/C33H40FN6O7P/c1-9-33(34)27(41)25(46-31(33)40-19-35-26-28(39(7)8)36-21(3)37-29(26)40)17-45-48(43,38-20(2)30(42)44-18-32(4,5)6)47-24-16-12-14-22-13-10-11-15-23(22)24/h1,10-16,19-20,25,27,31,41H,17-18H2,2-8H3,(H,38,43)/t20-,25-,27-,31-,33-,48?/m1/s1. The van der Waals surface area contributed by atoms with E-state index in [0.717, 1.165) is 5.39 Å². The molecule has 6 atom stereocenters. The van der Waals surface area contributed by atoms with Crippen LogP contribution in [0.1, 0.15) is 39.7 Å². The summed E-state index contributed by atoms with van der Waals surface area (Å²) in [5, 5.41) is 15.2. The fraction of sp³-hybridized carbons (Fsp3) is 0.455. The van der Waals surface area contributed by atoms with E-state index in [1.165, 1.54) is 17.8 Å². The number of nitrogens with one attached hydrogen (secondary N) is 1. The Hall–Kier alpha value is -4.12. The smallest absolute Gasteiger partial charge is 0.459 e. The highest BCUT2D eigenvalue weighted by atomic mass is 31.2. The second-order valence-corrected chi connectivity index (χ2v) is 14.8. The highest BCUT2D eigenvalue weighted by Crippen LogP contribution is 2.49. The molecule has 0 radical (unpaired) electrons. The Bertz CT molecular complexity index is 1900. The highest BCUT2D eigenvalue weighted by Gasteiger charge is 2.58. The summed E-state index contributed by atoms with van der Waals surface area (Å²) in [6.07, 6.45) is 2.00. The van der Waals surface area contributed by atoms with E-state index < -0.39 is 50.5 Å². The lowest BCUT2D eigenvalue weighted by molar-refractivity contribution is -0.148. The lowest BCUT2D eigenvalue weighted by Gasteiger charge is -2.26. The first-order valence-electron chi connectivity index (χ1n) is 15.3. The summed E-state index contributed by atoms with van der Waals surface area (Å²) in [6, 6.07) is 11.3. The van der Waals surface area contributed by atoms with Gasteiger partial charge in [-0.15, -0.1) is 6.42 Å². The number of aliphatic hydroxyl groups is 1. The van der Waals surface area contributed by atoms with E-state index >= 15 is 4.39 Å². The number of alkyl halides is 1. The van der Waals surface area contributed by atoms with Gasteiger partial charge in [-0.05, 0) is 30.7 Å². The molecule has 2 aromatic heterocycles. The molecule has 256 valence electrons. The third kappa shape index (κ3) is 7.16. The Labute approximate surface area is 278 Å². The molecule has 1 unspecified atom stereocenters. The Morgan fingerprint density at radius 1 is 1.25 bits per heavy atom. The van der Waals surface area contributed by atoms with Gasteiger partial charge >= 0.3 is 13.7 Å². The topological polar surface area (TPSA) is 150 Å². The Morgan fingerprint density at radius 2 is 1.96 bits per heavy atom. The van der Waals surface area contributed by atoms with E-state index in [0.29, 0.717) is 22.5 Å². The maximum atomic E-state index is 16.5. The van der Waals surface area contributed by atoms with Gasteiger partial charge in [-0.25, -0.2) is 23.9 Å². The molecule has 5 rings (SSSR count). The minimum Gasteiger partial charge on any atom is -0.464 e. The molecule has 0 saturated carbocycles. The minimum absolute atomic E-state index is 0.116. The molecule has 0 amide bonds. The molecule has 2 aromatic carbocycles. The second-order valence-electron chi connectivity index (χ2n) is 13.1. The molecule has 0 spiro atoms. The summed E-state index contributed by atoms with van der Waals surface area (Å²) in [4.78, 5) is 27.8. The van der Waals surface area contributed by atoms with Crippen LogP contribution in [-0.4, -0.2) is 81.8 Å².